The first-order valence-corrected chi connectivity index (χ1v) is 11.4. The van der Waals surface area contributed by atoms with Gasteiger partial charge in [-0.1, -0.05) is 23.4 Å². The van der Waals surface area contributed by atoms with E-state index in [0.717, 1.165) is 21.7 Å². The Morgan fingerprint density at radius 2 is 2.06 bits per heavy atom. The van der Waals surface area contributed by atoms with Crippen molar-refractivity contribution in [1.29, 1.82) is 0 Å². The van der Waals surface area contributed by atoms with Gasteiger partial charge in [-0.25, -0.2) is 4.98 Å². The van der Waals surface area contributed by atoms with Gasteiger partial charge in [0.15, 0.2) is 6.61 Å². The Balaban J connectivity index is 1.43. The molecule has 3 heterocycles. The van der Waals surface area contributed by atoms with Crippen molar-refractivity contribution in [3.05, 3.63) is 81.8 Å². The van der Waals surface area contributed by atoms with Gasteiger partial charge < -0.3 is 4.84 Å². The van der Waals surface area contributed by atoms with Crippen LogP contribution in [0.1, 0.15) is 33.7 Å². The van der Waals surface area contributed by atoms with E-state index in [4.69, 9.17) is 4.84 Å². The summed E-state index contributed by atoms with van der Waals surface area (Å²) in [4.78, 5) is 24.1. The van der Waals surface area contributed by atoms with Crippen LogP contribution in [-0.2, 0) is 22.7 Å². The highest BCUT2D eigenvalue weighted by molar-refractivity contribution is 7.11. The van der Waals surface area contributed by atoms with Crippen molar-refractivity contribution in [3.8, 4) is 11.3 Å². The molecule has 176 valence electrons. The van der Waals surface area contributed by atoms with Crippen LogP contribution in [0.15, 0.2) is 66.1 Å². The molecular weight excluding hydrogens is 463 g/mol. The molecule has 0 spiro atoms. The summed E-state index contributed by atoms with van der Waals surface area (Å²) >= 11 is 1.67. The largest absolute Gasteiger partial charge is 0.390 e. The third-order valence-electron chi connectivity index (χ3n) is 5.13. The number of thiophene rings is 1. The van der Waals surface area contributed by atoms with Crippen LogP contribution >= 0.6 is 11.3 Å². The van der Waals surface area contributed by atoms with Crippen molar-refractivity contribution >= 4 is 29.0 Å². The summed E-state index contributed by atoms with van der Waals surface area (Å²) in [5.74, 6) is -0.437. The maximum Gasteiger partial charge on any atom is 0.389 e. The first kappa shape index (κ1) is 23.7. The molecule has 1 aromatic carbocycles. The lowest BCUT2D eigenvalue weighted by molar-refractivity contribution is -0.143. The number of imidazole rings is 1. The molecule has 3 aromatic heterocycles. The van der Waals surface area contributed by atoms with Crippen molar-refractivity contribution in [1.82, 2.24) is 9.38 Å². The summed E-state index contributed by atoms with van der Waals surface area (Å²) in [5, 5.41) is 4.03. The molecule has 34 heavy (non-hydrogen) atoms. The van der Waals surface area contributed by atoms with Gasteiger partial charge in [0.05, 0.1) is 24.5 Å². The minimum Gasteiger partial charge on any atom is -0.390 e. The number of hydrogen-bond acceptors (Lipinski definition) is 5. The van der Waals surface area contributed by atoms with E-state index in [9.17, 15) is 18.0 Å². The third kappa shape index (κ3) is 6.32. The Bertz CT molecular complexity index is 1320. The number of pyridine rings is 1. The molecule has 0 bridgehead atoms. The lowest BCUT2D eigenvalue weighted by atomic mass is 10.0. The smallest absolute Gasteiger partial charge is 0.389 e. The predicted octanol–water partition coefficient (Wildman–Crippen LogP) is 6.38. The van der Waals surface area contributed by atoms with Crippen LogP contribution in [0.5, 0.6) is 0 Å². The molecule has 0 fully saturated rings. The van der Waals surface area contributed by atoms with E-state index in [-0.39, 0.29) is 6.42 Å². The topological polar surface area (TPSA) is 56.0 Å². The molecule has 0 aliphatic carbocycles. The van der Waals surface area contributed by atoms with Crippen molar-refractivity contribution in [2.45, 2.75) is 39.0 Å². The number of carbonyl (C=O) groups is 1. The maximum atomic E-state index is 12.4. The van der Waals surface area contributed by atoms with Crippen LogP contribution in [0.4, 0.5) is 13.2 Å². The number of hydrogen-bond donors (Lipinski definition) is 0. The lowest BCUT2D eigenvalue weighted by Gasteiger charge is -2.07. The first-order chi connectivity index (χ1) is 16.3. The summed E-state index contributed by atoms with van der Waals surface area (Å²) in [5.41, 5.74) is 3.84. The highest BCUT2D eigenvalue weighted by Crippen LogP contribution is 2.24. The minimum atomic E-state index is -4.33. The zero-order valence-electron chi connectivity index (χ0n) is 18.4. The van der Waals surface area contributed by atoms with Crippen LogP contribution in [0.3, 0.4) is 0 Å². The zero-order valence-corrected chi connectivity index (χ0v) is 19.2. The van der Waals surface area contributed by atoms with Crippen molar-refractivity contribution < 1.29 is 22.8 Å². The fourth-order valence-corrected chi connectivity index (χ4v) is 4.29. The van der Waals surface area contributed by atoms with Gasteiger partial charge in [0.2, 0.25) is 0 Å². The van der Waals surface area contributed by atoms with E-state index in [1.54, 1.807) is 35.9 Å². The van der Waals surface area contributed by atoms with Gasteiger partial charge in [0, 0.05) is 39.9 Å². The second kappa shape index (κ2) is 10.2. The Kier molecular flexibility index (Phi) is 7.12. The fourth-order valence-electron chi connectivity index (χ4n) is 3.49. The van der Waals surface area contributed by atoms with Crippen molar-refractivity contribution in [3.63, 3.8) is 0 Å². The van der Waals surface area contributed by atoms with Gasteiger partial charge in [-0.05, 0) is 42.8 Å². The molecule has 4 aromatic rings. The van der Waals surface area contributed by atoms with Gasteiger partial charge in [-0.15, -0.1) is 11.3 Å². The summed E-state index contributed by atoms with van der Waals surface area (Å²) < 4.78 is 39.0. The van der Waals surface area contributed by atoms with E-state index < -0.39 is 24.8 Å². The molecule has 4 rings (SSSR count). The first-order valence-electron chi connectivity index (χ1n) is 10.6. The van der Waals surface area contributed by atoms with E-state index in [1.807, 2.05) is 53.9 Å². The number of nitrogens with zero attached hydrogens (tertiary/aromatic N) is 3. The van der Waals surface area contributed by atoms with E-state index in [1.165, 1.54) is 4.88 Å². The van der Waals surface area contributed by atoms with Crippen LogP contribution < -0.4 is 0 Å². The van der Waals surface area contributed by atoms with Gasteiger partial charge >= 0.3 is 6.18 Å². The van der Waals surface area contributed by atoms with Gasteiger partial charge in [0.25, 0.3) is 0 Å². The average molecular weight is 486 g/mol. The number of rotatable bonds is 9. The summed E-state index contributed by atoms with van der Waals surface area (Å²) in [6, 6.07) is 15.0. The molecular formula is C25H22F3N3O2S. The molecule has 0 aliphatic rings. The average Bonchev–Trinajstić information content (AvgIpc) is 3.40. The normalized spacial score (nSPS) is 12.0. The summed E-state index contributed by atoms with van der Waals surface area (Å²) in [7, 11) is 0. The molecule has 0 atom stereocenters. The Hall–Kier alpha value is -3.46. The molecule has 0 unspecified atom stereocenters. The van der Waals surface area contributed by atoms with Gasteiger partial charge in [0.1, 0.15) is 11.4 Å². The number of fused-ring (bicyclic) bond motifs is 1. The predicted molar refractivity (Wildman–Crippen MR) is 126 cm³/mol. The number of Topliss-reactive ketones (excluding diaryl/α,β-unsaturated/α-hetero) is 1. The molecule has 0 radical (unpaired) electrons. The Morgan fingerprint density at radius 3 is 2.82 bits per heavy atom. The van der Waals surface area contributed by atoms with Crippen LogP contribution in [-0.4, -0.2) is 27.6 Å². The number of benzene rings is 1. The standard InChI is InChI=1S/C25H22F3N3O2S/c1-17-5-6-22(34-17)16-33-30-14-19-8-10-31-23(15-29-24(31)13-19)20-4-2-3-18(11-20)12-21(32)7-9-25(26,27)28/h2-6,8,10-11,13-15H,7,9,12,16H2,1H3/b30-14+. The number of carbonyl (C=O) groups excluding carboxylic acids is 1. The fraction of sp³-hybridized carbons (Fsp3) is 0.240. The second-order valence-electron chi connectivity index (χ2n) is 7.88. The minimum absolute atomic E-state index is 0.0354. The summed E-state index contributed by atoms with van der Waals surface area (Å²) in [6.07, 6.45) is -0.756. The van der Waals surface area contributed by atoms with E-state index in [0.29, 0.717) is 17.8 Å². The van der Waals surface area contributed by atoms with Gasteiger partial charge in [-0.2, -0.15) is 13.2 Å². The number of oxime groups is 1. The Labute approximate surface area is 198 Å². The molecule has 0 amide bonds. The number of aryl methyl sites for hydroxylation is 1. The van der Waals surface area contributed by atoms with Gasteiger partial charge in [-0.3, -0.25) is 9.20 Å². The lowest BCUT2D eigenvalue weighted by Crippen LogP contribution is -2.12. The SMILES string of the molecule is Cc1ccc(CO/N=C/c2ccn3c(-c4cccc(CC(=O)CCC(F)(F)F)c4)cnc3c2)s1. The van der Waals surface area contributed by atoms with Crippen LogP contribution in [0.2, 0.25) is 0 Å². The second-order valence-corrected chi connectivity index (χ2v) is 9.26. The number of halogens is 3. The monoisotopic (exact) mass is 485 g/mol. The molecule has 0 saturated heterocycles. The molecule has 0 N–H and O–H groups in total. The molecule has 9 heteroatoms. The number of ketones is 1. The Morgan fingerprint density at radius 1 is 1.21 bits per heavy atom. The quantitative estimate of drug-likeness (QED) is 0.204. The van der Waals surface area contributed by atoms with Crippen molar-refractivity contribution in [2.24, 2.45) is 5.16 Å². The van der Waals surface area contributed by atoms with Crippen LogP contribution in [0.25, 0.3) is 16.9 Å². The molecule has 0 aliphatic heterocycles. The number of aromatic nitrogens is 2. The summed E-state index contributed by atoms with van der Waals surface area (Å²) in [6.45, 7) is 2.46. The van der Waals surface area contributed by atoms with E-state index in [2.05, 4.69) is 10.1 Å². The maximum absolute atomic E-state index is 12.4. The van der Waals surface area contributed by atoms with Crippen LogP contribution in [0, 0.1) is 6.92 Å². The van der Waals surface area contributed by atoms with Crippen molar-refractivity contribution in [2.75, 3.05) is 0 Å². The molecule has 0 saturated carbocycles. The third-order valence-corrected chi connectivity index (χ3v) is 6.10. The van der Waals surface area contributed by atoms with E-state index >= 15 is 0 Å². The number of alkyl halides is 3. The zero-order chi connectivity index (χ0) is 24.1. The highest BCUT2D eigenvalue weighted by Gasteiger charge is 2.27. The molecule has 5 nitrogen and oxygen atoms in total. The highest BCUT2D eigenvalue weighted by atomic mass is 32.1.